The zero-order valence-electron chi connectivity index (χ0n) is 20.6. The first kappa shape index (κ1) is 24.0. The molecule has 2 N–H and O–H groups in total. The van der Waals surface area contributed by atoms with Crippen LogP contribution >= 0.6 is 0 Å². The van der Waals surface area contributed by atoms with Gasteiger partial charge in [-0.2, -0.15) is 0 Å². The van der Waals surface area contributed by atoms with Crippen molar-refractivity contribution in [3.8, 4) is 11.5 Å². The zero-order valence-corrected chi connectivity index (χ0v) is 20.6. The van der Waals surface area contributed by atoms with E-state index in [9.17, 15) is 9.18 Å². The van der Waals surface area contributed by atoms with E-state index in [1.807, 2.05) is 30.3 Å². The summed E-state index contributed by atoms with van der Waals surface area (Å²) in [6.07, 6.45) is 6.22. The van der Waals surface area contributed by atoms with Crippen molar-refractivity contribution in [1.82, 2.24) is 15.3 Å². The predicted octanol–water partition coefficient (Wildman–Crippen LogP) is 5.34. The number of fused-ring (bicyclic) bond motifs is 1. The molecule has 1 unspecified atom stereocenters. The van der Waals surface area contributed by atoms with Crippen molar-refractivity contribution in [1.29, 1.82) is 0 Å². The number of amides is 1. The van der Waals surface area contributed by atoms with Crippen LogP contribution in [0.25, 0.3) is 0 Å². The summed E-state index contributed by atoms with van der Waals surface area (Å²) < 4.78 is 24.6. The summed E-state index contributed by atoms with van der Waals surface area (Å²) in [6, 6.07) is 12.4. The Morgan fingerprint density at radius 2 is 1.86 bits per heavy atom. The van der Waals surface area contributed by atoms with Crippen molar-refractivity contribution in [2.75, 3.05) is 12.1 Å². The third-order valence-electron chi connectivity index (χ3n) is 7.22. The van der Waals surface area contributed by atoms with E-state index in [0.717, 1.165) is 43.2 Å². The Bertz CT molecular complexity index is 1240. The maximum atomic E-state index is 13.8. The van der Waals surface area contributed by atoms with Gasteiger partial charge in [-0.25, -0.2) is 14.4 Å². The molecule has 1 aliphatic heterocycles. The first-order chi connectivity index (χ1) is 17.5. The van der Waals surface area contributed by atoms with Crippen molar-refractivity contribution in [3.05, 3.63) is 76.9 Å². The molecule has 1 atom stereocenters. The van der Waals surface area contributed by atoms with E-state index in [-0.39, 0.29) is 24.6 Å². The molecule has 8 heteroatoms. The Kier molecular flexibility index (Phi) is 6.76. The van der Waals surface area contributed by atoms with Gasteiger partial charge in [0.1, 0.15) is 5.82 Å². The van der Waals surface area contributed by atoms with Gasteiger partial charge in [0, 0.05) is 24.2 Å². The molecular weight excluding hydrogens is 459 g/mol. The van der Waals surface area contributed by atoms with Crippen LogP contribution < -0.4 is 20.1 Å². The third kappa shape index (κ3) is 4.72. The van der Waals surface area contributed by atoms with Crippen LogP contribution in [0.15, 0.2) is 48.7 Å². The maximum absolute atomic E-state index is 13.8. The normalized spacial score (nSPS) is 16.5. The van der Waals surface area contributed by atoms with Crippen LogP contribution in [0.1, 0.15) is 73.1 Å². The van der Waals surface area contributed by atoms with E-state index >= 15 is 0 Å². The lowest BCUT2D eigenvalue weighted by Crippen LogP contribution is -2.33. The monoisotopic (exact) mass is 490 g/mol. The van der Waals surface area contributed by atoms with Gasteiger partial charge in [-0.05, 0) is 61.6 Å². The van der Waals surface area contributed by atoms with Gasteiger partial charge in [-0.15, -0.1) is 0 Å². The van der Waals surface area contributed by atoms with Gasteiger partial charge in [0.2, 0.25) is 12.7 Å². The molecule has 0 spiro atoms. The maximum Gasteiger partial charge on any atom is 0.255 e. The molecule has 0 saturated heterocycles. The summed E-state index contributed by atoms with van der Waals surface area (Å²) in [7, 11) is 0. The number of nitrogens with one attached hydrogen (secondary N) is 2. The molecule has 1 aliphatic carbocycles. The van der Waals surface area contributed by atoms with Gasteiger partial charge in [-0.3, -0.25) is 4.79 Å². The van der Waals surface area contributed by atoms with Gasteiger partial charge in [-0.1, -0.05) is 38.0 Å². The Morgan fingerprint density at radius 1 is 1.11 bits per heavy atom. The third-order valence-corrected chi connectivity index (χ3v) is 7.22. The molecule has 5 rings (SSSR count). The Balaban J connectivity index is 1.49. The molecular formula is C28H31FN4O3. The summed E-state index contributed by atoms with van der Waals surface area (Å²) in [5.41, 5.74) is 2.53. The fraction of sp³-hybridized carbons (Fsp3) is 0.393. The average Bonchev–Trinajstić information content (AvgIpc) is 3.58. The van der Waals surface area contributed by atoms with Crippen molar-refractivity contribution in [2.45, 2.75) is 64.0 Å². The molecule has 0 radical (unpaired) electrons. The number of nitrogens with zero attached hydrogens (tertiary/aromatic N) is 2. The number of hydrogen-bond donors (Lipinski definition) is 2. The number of halogens is 1. The lowest BCUT2D eigenvalue weighted by molar-refractivity contribution is 0.0947. The Morgan fingerprint density at radius 3 is 2.61 bits per heavy atom. The van der Waals surface area contributed by atoms with Crippen molar-refractivity contribution < 1.29 is 18.7 Å². The molecule has 7 nitrogen and oxygen atoms in total. The first-order valence-electron chi connectivity index (χ1n) is 12.6. The largest absolute Gasteiger partial charge is 0.454 e. The summed E-state index contributed by atoms with van der Waals surface area (Å²) in [4.78, 5) is 22.9. The number of benzene rings is 2. The second-order valence-electron chi connectivity index (χ2n) is 9.58. The van der Waals surface area contributed by atoms with Crippen LogP contribution in [0.5, 0.6) is 11.5 Å². The molecule has 2 aromatic carbocycles. The molecule has 3 aromatic rings. The average molecular weight is 491 g/mol. The van der Waals surface area contributed by atoms with Gasteiger partial charge < -0.3 is 20.1 Å². The number of anilines is 1. The minimum atomic E-state index is -0.478. The van der Waals surface area contributed by atoms with E-state index in [0.29, 0.717) is 35.2 Å². The number of rotatable bonds is 8. The fourth-order valence-corrected chi connectivity index (χ4v) is 5.04. The molecule has 36 heavy (non-hydrogen) atoms. The van der Waals surface area contributed by atoms with Crippen LogP contribution in [-0.2, 0) is 12.0 Å². The van der Waals surface area contributed by atoms with E-state index in [1.54, 1.807) is 6.20 Å². The van der Waals surface area contributed by atoms with Crippen LogP contribution in [0.3, 0.4) is 0 Å². The van der Waals surface area contributed by atoms with E-state index in [1.165, 1.54) is 12.1 Å². The smallest absolute Gasteiger partial charge is 0.255 e. The minimum Gasteiger partial charge on any atom is -0.454 e. The predicted molar refractivity (Wildman–Crippen MR) is 135 cm³/mol. The molecule has 1 amide bonds. The van der Waals surface area contributed by atoms with E-state index in [2.05, 4.69) is 29.5 Å². The van der Waals surface area contributed by atoms with Crippen molar-refractivity contribution in [2.24, 2.45) is 0 Å². The number of hydrogen-bond acceptors (Lipinski definition) is 6. The SMILES string of the molecule is CCC(C)Nc1ncc(C(=O)NCc2ccc3c(c2)OCO3)c(C2(c3ccc(F)cc3)CCCC2)n1. The highest BCUT2D eigenvalue weighted by atomic mass is 19.1. The topological polar surface area (TPSA) is 85.4 Å². The summed E-state index contributed by atoms with van der Waals surface area (Å²) in [6.45, 7) is 4.69. The highest BCUT2D eigenvalue weighted by molar-refractivity contribution is 5.95. The molecule has 188 valence electrons. The van der Waals surface area contributed by atoms with E-state index < -0.39 is 5.41 Å². The molecule has 1 aromatic heterocycles. The Hall–Kier alpha value is -3.68. The zero-order chi connectivity index (χ0) is 25.1. The second kappa shape index (κ2) is 10.1. The van der Waals surface area contributed by atoms with Crippen LogP contribution in [0.2, 0.25) is 0 Å². The standard InChI is InChI=1S/C28H31FN4O3/c1-3-18(2)32-27-31-16-22(26(34)30-15-19-6-11-23-24(14-19)36-17-35-23)25(33-27)28(12-4-5-13-28)20-7-9-21(29)10-8-20/h6-11,14,16,18H,3-5,12-13,15,17H2,1-2H3,(H,30,34)(H,31,32,33). The molecule has 2 heterocycles. The second-order valence-corrected chi connectivity index (χ2v) is 9.58. The molecule has 1 fully saturated rings. The first-order valence-corrected chi connectivity index (χ1v) is 12.6. The molecule has 0 bridgehead atoms. The highest BCUT2D eigenvalue weighted by Crippen LogP contribution is 2.47. The molecule has 1 saturated carbocycles. The van der Waals surface area contributed by atoms with Gasteiger partial charge in [0.15, 0.2) is 11.5 Å². The lowest BCUT2D eigenvalue weighted by Gasteiger charge is -2.31. The quantitative estimate of drug-likeness (QED) is 0.443. The number of carbonyl (C=O) groups is 1. The lowest BCUT2D eigenvalue weighted by atomic mass is 9.74. The van der Waals surface area contributed by atoms with Gasteiger partial charge in [0.05, 0.1) is 11.3 Å². The number of carbonyl (C=O) groups excluding carboxylic acids is 1. The van der Waals surface area contributed by atoms with Crippen LogP contribution in [0.4, 0.5) is 10.3 Å². The van der Waals surface area contributed by atoms with Crippen molar-refractivity contribution in [3.63, 3.8) is 0 Å². The highest BCUT2D eigenvalue weighted by Gasteiger charge is 2.42. The van der Waals surface area contributed by atoms with Gasteiger partial charge in [0.25, 0.3) is 5.91 Å². The van der Waals surface area contributed by atoms with Crippen LogP contribution in [0, 0.1) is 5.82 Å². The number of aromatic nitrogens is 2. The minimum absolute atomic E-state index is 0.189. The van der Waals surface area contributed by atoms with Gasteiger partial charge >= 0.3 is 0 Å². The Labute approximate surface area is 210 Å². The summed E-state index contributed by atoms with van der Waals surface area (Å²) in [5.74, 6) is 1.35. The molecule has 2 aliphatic rings. The summed E-state index contributed by atoms with van der Waals surface area (Å²) in [5, 5.41) is 6.37. The van der Waals surface area contributed by atoms with E-state index in [4.69, 9.17) is 14.5 Å². The van der Waals surface area contributed by atoms with Crippen LogP contribution in [-0.4, -0.2) is 28.7 Å². The van der Waals surface area contributed by atoms with Crippen molar-refractivity contribution >= 4 is 11.9 Å². The summed E-state index contributed by atoms with van der Waals surface area (Å²) >= 11 is 0. The number of ether oxygens (including phenoxy) is 2. The fourth-order valence-electron chi connectivity index (χ4n) is 5.04.